The molecule has 6 nitrogen and oxygen atoms in total. The summed E-state index contributed by atoms with van der Waals surface area (Å²) >= 11 is 0. The first-order valence-corrected chi connectivity index (χ1v) is 5.70. The van der Waals surface area contributed by atoms with Gasteiger partial charge < -0.3 is 20.9 Å². The van der Waals surface area contributed by atoms with Gasteiger partial charge in [0.1, 0.15) is 11.3 Å². The summed E-state index contributed by atoms with van der Waals surface area (Å²) in [5.41, 5.74) is 11.5. The molecule has 4 N–H and O–H groups in total. The van der Waals surface area contributed by atoms with Gasteiger partial charge in [0, 0.05) is 6.07 Å². The second-order valence-corrected chi connectivity index (χ2v) is 3.91. The van der Waals surface area contributed by atoms with E-state index in [1.54, 1.807) is 18.2 Å². The molecule has 1 aromatic carbocycles. The number of rotatable bonds is 1. The molecule has 0 aromatic heterocycles. The second kappa shape index (κ2) is 5.39. The van der Waals surface area contributed by atoms with Crippen molar-refractivity contribution in [2.75, 3.05) is 13.2 Å². The molecule has 0 spiro atoms. The van der Waals surface area contributed by atoms with Crippen molar-refractivity contribution in [3.8, 4) is 5.75 Å². The van der Waals surface area contributed by atoms with Crippen LogP contribution in [0.5, 0.6) is 5.75 Å². The van der Waals surface area contributed by atoms with E-state index in [9.17, 15) is 4.79 Å². The summed E-state index contributed by atoms with van der Waals surface area (Å²) in [5, 5.41) is 0. The highest BCUT2D eigenvalue weighted by Gasteiger charge is 2.16. The molecule has 0 amide bonds. The number of cyclic esters (lactones) is 1. The zero-order valence-electron chi connectivity index (χ0n) is 9.89. The number of guanidine groups is 1. The highest BCUT2D eigenvalue weighted by atomic mass is 16.5. The van der Waals surface area contributed by atoms with Gasteiger partial charge in [0.2, 0.25) is 0 Å². The number of carbonyl (C=O) groups is 1. The van der Waals surface area contributed by atoms with Crippen molar-refractivity contribution in [3.05, 3.63) is 23.8 Å². The van der Waals surface area contributed by atoms with E-state index in [1.807, 2.05) is 0 Å². The summed E-state index contributed by atoms with van der Waals surface area (Å²) in [6.07, 6.45) is 1.62. The molecule has 0 fully saturated rings. The molecule has 2 rings (SSSR count). The number of ether oxygens (including phenoxy) is 2. The maximum Gasteiger partial charge on any atom is 0.341 e. The molecule has 96 valence electrons. The lowest BCUT2D eigenvalue weighted by molar-refractivity contribution is 0.0502. The minimum absolute atomic E-state index is 0.0411. The Morgan fingerprint density at radius 1 is 1.17 bits per heavy atom. The Labute approximate surface area is 105 Å². The maximum absolute atomic E-state index is 11.8. The van der Waals surface area contributed by atoms with Gasteiger partial charge in [0.05, 0.1) is 18.9 Å². The second-order valence-electron chi connectivity index (χ2n) is 3.91. The molecule has 18 heavy (non-hydrogen) atoms. The van der Waals surface area contributed by atoms with Gasteiger partial charge >= 0.3 is 5.97 Å². The van der Waals surface area contributed by atoms with Crippen molar-refractivity contribution < 1.29 is 14.3 Å². The van der Waals surface area contributed by atoms with Crippen LogP contribution in [-0.4, -0.2) is 25.1 Å². The Bertz CT molecular complexity index is 481. The van der Waals surface area contributed by atoms with Crippen LogP contribution in [-0.2, 0) is 4.74 Å². The van der Waals surface area contributed by atoms with E-state index in [0.29, 0.717) is 30.2 Å². The van der Waals surface area contributed by atoms with Gasteiger partial charge in [-0.05, 0) is 25.0 Å². The van der Waals surface area contributed by atoms with Crippen molar-refractivity contribution in [1.29, 1.82) is 0 Å². The molecule has 0 radical (unpaired) electrons. The first-order valence-electron chi connectivity index (χ1n) is 5.70. The lowest BCUT2D eigenvalue weighted by Crippen LogP contribution is -2.21. The number of benzene rings is 1. The lowest BCUT2D eigenvalue weighted by Gasteiger charge is -2.09. The van der Waals surface area contributed by atoms with Gasteiger partial charge in [-0.1, -0.05) is 0 Å². The molecule has 1 heterocycles. The molecule has 0 saturated heterocycles. The molecule has 1 aliphatic rings. The van der Waals surface area contributed by atoms with Crippen LogP contribution in [0.15, 0.2) is 23.2 Å². The Morgan fingerprint density at radius 2 is 1.89 bits per heavy atom. The Hall–Kier alpha value is -2.24. The molecule has 0 bridgehead atoms. The molecular formula is C12H15N3O3. The van der Waals surface area contributed by atoms with Gasteiger partial charge in [-0.15, -0.1) is 0 Å². The topological polar surface area (TPSA) is 99.9 Å². The molecule has 1 aromatic rings. The Morgan fingerprint density at radius 3 is 2.61 bits per heavy atom. The largest absolute Gasteiger partial charge is 0.493 e. The normalized spacial score (nSPS) is 15.2. The molecule has 0 atom stereocenters. The summed E-state index contributed by atoms with van der Waals surface area (Å²) in [4.78, 5) is 15.7. The molecule has 6 heteroatoms. The lowest BCUT2D eigenvalue weighted by atomic mass is 10.2. The van der Waals surface area contributed by atoms with Crippen molar-refractivity contribution >= 4 is 17.6 Å². The molecule has 1 aliphatic heterocycles. The fraction of sp³-hybridized carbons (Fsp3) is 0.333. The summed E-state index contributed by atoms with van der Waals surface area (Å²) in [7, 11) is 0. The summed E-state index contributed by atoms with van der Waals surface area (Å²) < 4.78 is 10.7. The number of fused-ring (bicyclic) bond motifs is 1. The van der Waals surface area contributed by atoms with Crippen LogP contribution in [0.3, 0.4) is 0 Å². The van der Waals surface area contributed by atoms with Crippen molar-refractivity contribution in [2.24, 2.45) is 16.5 Å². The fourth-order valence-electron chi connectivity index (χ4n) is 1.65. The van der Waals surface area contributed by atoms with Crippen LogP contribution in [0.2, 0.25) is 0 Å². The number of carbonyl (C=O) groups excluding carboxylic acids is 1. The molecule has 0 saturated carbocycles. The van der Waals surface area contributed by atoms with Crippen molar-refractivity contribution in [3.63, 3.8) is 0 Å². The monoisotopic (exact) mass is 249 g/mol. The van der Waals surface area contributed by atoms with Crippen LogP contribution in [0, 0.1) is 0 Å². The molecule has 0 aliphatic carbocycles. The zero-order valence-corrected chi connectivity index (χ0v) is 9.89. The predicted octanol–water partition coefficient (Wildman–Crippen LogP) is 0.921. The van der Waals surface area contributed by atoms with Gasteiger partial charge in [-0.25, -0.2) is 9.79 Å². The third kappa shape index (κ3) is 2.91. The van der Waals surface area contributed by atoms with E-state index in [2.05, 4.69) is 4.99 Å². The van der Waals surface area contributed by atoms with Crippen LogP contribution in [0.1, 0.15) is 23.2 Å². The van der Waals surface area contributed by atoms with Crippen molar-refractivity contribution in [1.82, 2.24) is 0 Å². The summed E-state index contributed by atoms with van der Waals surface area (Å²) in [6, 6.07) is 4.87. The van der Waals surface area contributed by atoms with Crippen LogP contribution in [0.4, 0.5) is 5.69 Å². The van der Waals surface area contributed by atoms with E-state index in [0.717, 1.165) is 12.8 Å². The number of hydrogen-bond acceptors (Lipinski definition) is 4. The van der Waals surface area contributed by atoms with Gasteiger partial charge in [-0.2, -0.15) is 0 Å². The first kappa shape index (κ1) is 12.2. The Balaban J connectivity index is 2.36. The summed E-state index contributed by atoms with van der Waals surface area (Å²) in [5.74, 6) is 0.0214. The van der Waals surface area contributed by atoms with Gasteiger partial charge in [0.25, 0.3) is 0 Å². The number of nitrogens with zero attached hydrogens (tertiary/aromatic N) is 1. The van der Waals surface area contributed by atoms with Gasteiger partial charge in [0.15, 0.2) is 5.96 Å². The maximum atomic E-state index is 11.8. The Kier molecular flexibility index (Phi) is 3.66. The number of esters is 1. The van der Waals surface area contributed by atoms with E-state index in [1.165, 1.54) is 0 Å². The van der Waals surface area contributed by atoms with E-state index >= 15 is 0 Å². The number of aliphatic imine (C=N–C) groups is 1. The third-order valence-electron chi connectivity index (χ3n) is 2.47. The van der Waals surface area contributed by atoms with E-state index < -0.39 is 0 Å². The highest BCUT2D eigenvalue weighted by molar-refractivity contribution is 5.93. The average molecular weight is 249 g/mol. The molecular weight excluding hydrogens is 234 g/mol. The predicted molar refractivity (Wildman–Crippen MR) is 66.9 cm³/mol. The standard InChI is InChI=1S/C12H15N3O3/c13-12(14)15-8-3-4-9-10(7-8)17-5-1-2-6-18-11(9)16/h3-4,7H,1-2,5-6H2,(H4,13,14,15). The quantitative estimate of drug-likeness (QED) is 0.438. The van der Waals surface area contributed by atoms with Gasteiger partial charge in [-0.3, -0.25) is 0 Å². The minimum Gasteiger partial charge on any atom is -0.493 e. The number of hydrogen-bond donors (Lipinski definition) is 2. The van der Waals surface area contributed by atoms with E-state index in [-0.39, 0.29) is 11.9 Å². The number of nitrogens with two attached hydrogens (primary N) is 2. The first-order chi connectivity index (χ1) is 8.66. The minimum atomic E-state index is -0.386. The van der Waals surface area contributed by atoms with Crippen LogP contribution in [0.25, 0.3) is 0 Å². The highest BCUT2D eigenvalue weighted by Crippen LogP contribution is 2.27. The average Bonchev–Trinajstić information content (AvgIpc) is 2.40. The van der Waals surface area contributed by atoms with Crippen LogP contribution >= 0.6 is 0 Å². The van der Waals surface area contributed by atoms with E-state index in [4.69, 9.17) is 20.9 Å². The molecule has 0 unspecified atom stereocenters. The summed E-state index contributed by atoms with van der Waals surface area (Å²) in [6.45, 7) is 0.951. The van der Waals surface area contributed by atoms with Crippen LogP contribution < -0.4 is 16.2 Å². The fourth-order valence-corrected chi connectivity index (χ4v) is 1.65. The zero-order chi connectivity index (χ0) is 13.0. The SMILES string of the molecule is NC(N)=Nc1ccc2c(c1)OCCCCOC2=O. The van der Waals surface area contributed by atoms with Crippen molar-refractivity contribution in [2.45, 2.75) is 12.8 Å². The third-order valence-corrected chi connectivity index (χ3v) is 2.47. The smallest absolute Gasteiger partial charge is 0.341 e.